The molecule has 0 fully saturated rings. The Kier molecular flexibility index (Phi) is 7.36. The average molecular weight is 254 g/mol. The van der Waals surface area contributed by atoms with E-state index < -0.39 is 6.49 Å². The first-order valence-corrected chi connectivity index (χ1v) is 7.99. The summed E-state index contributed by atoms with van der Waals surface area (Å²) < 4.78 is 15.7. The van der Waals surface area contributed by atoms with Gasteiger partial charge in [-0.25, -0.2) is 0 Å². The summed E-state index contributed by atoms with van der Waals surface area (Å²) in [7, 11) is 0. The van der Waals surface area contributed by atoms with Gasteiger partial charge in [-0.3, -0.25) is 4.79 Å². The standard InChI is InChI=1S/C9H19O4PS/c1-5-8(2)13-14(4,15)12-7-6-11-9(3)10/h8H,5-7H2,1-4H3. The third kappa shape index (κ3) is 9.00. The molecule has 0 rings (SSSR count). The van der Waals surface area contributed by atoms with Gasteiger partial charge >= 0.3 is 5.97 Å². The maximum Gasteiger partial charge on any atom is 0.302 e. The quantitative estimate of drug-likeness (QED) is 0.396. The zero-order valence-corrected chi connectivity index (χ0v) is 11.4. The largest absolute Gasteiger partial charge is 0.463 e. The molecule has 4 nitrogen and oxygen atoms in total. The third-order valence-electron chi connectivity index (χ3n) is 1.66. The molecule has 0 aliphatic heterocycles. The molecule has 0 radical (unpaired) electrons. The molecule has 0 aliphatic rings. The summed E-state index contributed by atoms with van der Waals surface area (Å²) in [5.74, 6) is -0.314. The molecule has 0 bridgehead atoms. The molecule has 0 aromatic rings. The van der Waals surface area contributed by atoms with Crippen molar-refractivity contribution in [3.63, 3.8) is 0 Å². The fraction of sp³-hybridized carbons (Fsp3) is 0.889. The average Bonchev–Trinajstić information content (AvgIpc) is 2.11. The Morgan fingerprint density at radius 3 is 2.53 bits per heavy atom. The third-order valence-corrected chi connectivity index (χ3v) is 3.63. The number of hydrogen-bond donors (Lipinski definition) is 0. The highest BCUT2D eigenvalue weighted by Gasteiger charge is 2.14. The molecule has 0 amide bonds. The lowest BCUT2D eigenvalue weighted by atomic mass is 10.3. The number of ether oxygens (including phenoxy) is 1. The summed E-state index contributed by atoms with van der Waals surface area (Å²) in [6.07, 6.45) is 1.01. The minimum absolute atomic E-state index is 0.106. The van der Waals surface area contributed by atoms with Crippen LogP contribution in [0.5, 0.6) is 0 Å². The van der Waals surface area contributed by atoms with E-state index in [-0.39, 0.29) is 18.7 Å². The van der Waals surface area contributed by atoms with Crippen molar-refractivity contribution in [2.24, 2.45) is 0 Å². The Labute approximate surface area is 96.5 Å². The lowest BCUT2D eigenvalue weighted by Gasteiger charge is -2.21. The second kappa shape index (κ2) is 7.34. The highest BCUT2D eigenvalue weighted by Crippen LogP contribution is 2.45. The van der Waals surface area contributed by atoms with E-state index in [0.717, 1.165) is 6.42 Å². The van der Waals surface area contributed by atoms with Crippen molar-refractivity contribution in [3.05, 3.63) is 0 Å². The van der Waals surface area contributed by atoms with E-state index in [1.165, 1.54) is 6.92 Å². The second-order valence-corrected chi connectivity index (χ2v) is 7.27. The molecule has 0 aromatic carbocycles. The van der Waals surface area contributed by atoms with Gasteiger partial charge in [-0.2, -0.15) is 0 Å². The number of hydrogen-bond acceptors (Lipinski definition) is 5. The highest BCUT2D eigenvalue weighted by atomic mass is 32.5. The molecule has 0 heterocycles. The fourth-order valence-corrected chi connectivity index (χ4v) is 2.75. The van der Waals surface area contributed by atoms with Crippen molar-refractivity contribution in [1.29, 1.82) is 0 Å². The van der Waals surface area contributed by atoms with Gasteiger partial charge in [-0.05, 0) is 25.2 Å². The van der Waals surface area contributed by atoms with Crippen LogP contribution < -0.4 is 0 Å². The van der Waals surface area contributed by atoms with Crippen molar-refractivity contribution in [2.45, 2.75) is 33.3 Å². The zero-order valence-electron chi connectivity index (χ0n) is 9.69. The summed E-state index contributed by atoms with van der Waals surface area (Å²) in [6.45, 7) is 5.46. The van der Waals surface area contributed by atoms with Gasteiger partial charge in [0.15, 0.2) is 6.49 Å². The summed E-state index contributed by atoms with van der Waals surface area (Å²) >= 11 is 5.19. The molecule has 0 aromatic heterocycles. The van der Waals surface area contributed by atoms with E-state index in [1.807, 2.05) is 13.8 Å². The van der Waals surface area contributed by atoms with Crippen LogP contribution in [0.3, 0.4) is 0 Å². The SMILES string of the molecule is CCC(C)OP(C)(=S)OCCOC(C)=O. The molecular formula is C9H19O4PS. The van der Waals surface area contributed by atoms with Crippen molar-refractivity contribution >= 4 is 24.3 Å². The number of esters is 1. The Morgan fingerprint density at radius 2 is 2.07 bits per heavy atom. The van der Waals surface area contributed by atoms with Crippen LogP contribution in [0.15, 0.2) is 0 Å². The summed E-state index contributed by atoms with van der Waals surface area (Å²) in [6, 6.07) is 0. The molecule has 90 valence electrons. The molecule has 2 atom stereocenters. The van der Waals surface area contributed by atoms with Crippen LogP contribution in [0.4, 0.5) is 0 Å². The van der Waals surface area contributed by atoms with Crippen LogP contribution in [-0.4, -0.2) is 32.0 Å². The first-order valence-electron chi connectivity index (χ1n) is 4.91. The lowest BCUT2D eigenvalue weighted by molar-refractivity contribution is -0.141. The molecule has 2 unspecified atom stereocenters. The van der Waals surface area contributed by atoms with Crippen LogP contribution in [0.25, 0.3) is 0 Å². The summed E-state index contributed by atoms with van der Waals surface area (Å²) in [4.78, 5) is 10.5. The van der Waals surface area contributed by atoms with Gasteiger partial charge in [-0.1, -0.05) is 6.92 Å². The predicted molar refractivity (Wildman–Crippen MR) is 63.6 cm³/mol. The van der Waals surface area contributed by atoms with Gasteiger partial charge in [0.05, 0.1) is 12.7 Å². The number of carbonyl (C=O) groups is 1. The molecule has 0 aliphatic carbocycles. The van der Waals surface area contributed by atoms with Gasteiger partial charge in [0, 0.05) is 13.6 Å². The van der Waals surface area contributed by atoms with E-state index >= 15 is 0 Å². The maximum atomic E-state index is 10.5. The molecule has 15 heavy (non-hydrogen) atoms. The molecule has 0 spiro atoms. The molecule has 0 saturated carbocycles. The minimum Gasteiger partial charge on any atom is -0.463 e. The molecule has 6 heteroatoms. The number of rotatable bonds is 7. The van der Waals surface area contributed by atoms with Crippen LogP contribution >= 0.6 is 6.49 Å². The smallest absolute Gasteiger partial charge is 0.302 e. The zero-order chi connectivity index (χ0) is 11.9. The normalized spacial score (nSPS) is 16.8. The summed E-state index contributed by atoms with van der Waals surface area (Å²) in [5.41, 5.74) is 0. The Bertz CT molecular complexity index is 244. The van der Waals surface area contributed by atoms with E-state index in [1.54, 1.807) is 6.66 Å². The Balaban J connectivity index is 3.74. The van der Waals surface area contributed by atoms with E-state index in [4.69, 9.17) is 25.6 Å². The van der Waals surface area contributed by atoms with E-state index in [2.05, 4.69) is 0 Å². The topological polar surface area (TPSA) is 44.8 Å². The number of carbonyl (C=O) groups excluding carboxylic acids is 1. The van der Waals surface area contributed by atoms with Crippen molar-refractivity contribution in [1.82, 2.24) is 0 Å². The molecule has 0 N–H and O–H groups in total. The van der Waals surface area contributed by atoms with Crippen molar-refractivity contribution in [3.8, 4) is 0 Å². The summed E-state index contributed by atoms with van der Waals surface area (Å²) in [5, 5.41) is 0. The van der Waals surface area contributed by atoms with Gasteiger partial charge in [0.25, 0.3) is 0 Å². The van der Waals surface area contributed by atoms with E-state index in [0.29, 0.717) is 6.61 Å². The van der Waals surface area contributed by atoms with Gasteiger partial charge in [-0.15, -0.1) is 0 Å². The van der Waals surface area contributed by atoms with Crippen LogP contribution in [0, 0.1) is 0 Å². The Morgan fingerprint density at radius 1 is 1.47 bits per heavy atom. The molecular weight excluding hydrogens is 235 g/mol. The van der Waals surface area contributed by atoms with Crippen LogP contribution in [0.2, 0.25) is 0 Å². The first kappa shape index (κ1) is 15.0. The van der Waals surface area contributed by atoms with Crippen LogP contribution in [-0.2, 0) is 30.4 Å². The van der Waals surface area contributed by atoms with Gasteiger partial charge in [0.2, 0.25) is 0 Å². The second-order valence-electron chi connectivity index (χ2n) is 3.27. The van der Waals surface area contributed by atoms with E-state index in [9.17, 15) is 4.79 Å². The minimum atomic E-state index is -2.18. The molecule has 0 saturated heterocycles. The predicted octanol–water partition coefficient (Wildman–Crippen LogP) is 2.32. The van der Waals surface area contributed by atoms with Gasteiger partial charge in [0.1, 0.15) is 6.61 Å². The Hall–Kier alpha value is 0.0400. The van der Waals surface area contributed by atoms with Crippen LogP contribution in [0.1, 0.15) is 27.2 Å². The van der Waals surface area contributed by atoms with Crippen molar-refractivity contribution < 1.29 is 18.6 Å². The first-order chi connectivity index (χ1) is 6.87. The van der Waals surface area contributed by atoms with Crippen molar-refractivity contribution in [2.75, 3.05) is 19.9 Å². The lowest BCUT2D eigenvalue weighted by Crippen LogP contribution is -2.10. The maximum absolute atomic E-state index is 10.5. The highest BCUT2D eigenvalue weighted by molar-refractivity contribution is 8.09. The van der Waals surface area contributed by atoms with Gasteiger partial charge < -0.3 is 13.8 Å². The monoisotopic (exact) mass is 254 g/mol. The fourth-order valence-electron chi connectivity index (χ4n) is 0.820.